The third kappa shape index (κ3) is 6.59. The fraction of sp³-hybridized carbons (Fsp3) is 0.344. The normalized spacial score (nSPS) is 14.0. The molecule has 42 heavy (non-hydrogen) atoms. The van der Waals surface area contributed by atoms with Crippen molar-refractivity contribution in [1.82, 2.24) is 14.6 Å². The molecular weight excluding hydrogens is 534 g/mol. The number of amides is 2. The molecule has 3 heterocycles. The fourth-order valence-corrected chi connectivity index (χ4v) is 5.06. The van der Waals surface area contributed by atoms with Gasteiger partial charge in [-0.1, -0.05) is 12.1 Å². The standard InChI is InChI=1S/C32H37N5O5/c1-32(2,3)42-31(39)36-15-11-22(12-16-36)21-6-8-23(9-7-21)30(38)35-29-19-25(10-14-34-29)41-28-18-24-13-17-37(33-4)26(24)20-27(28)40-5/h6-10,13-14,17-20,22,33H,11-12,15-16H2,1-5H3,(H,34,35,38). The van der Waals surface area contributed by atoms with Gasteiger partial charge in [-0.25, -0.2) is 9.78 Å². The second kappa shape index (κ2) is 12.0. The molecule has 0 spiro atoms. The first-order valence-electron chi connectivity index (χ1n) is 14.0. The second-order valence-corrected chi connectivity index (χ2v) is 11.3. The number of nitrogens with one attached hydrogen (secondary N) is 2. The van der Waals surface area contributed by atoms with Crippen LogP contribution >= 0.6 is 0 Å². The third-order valence-corrected chi connectivity index (χ3v) is 7.21. The second-order valence-electron chi connectivity index (χ2n) is 11.3. The highest BCUT2D eigenvalue weighted by Crippen LogP contribution is 2.36. The molecule has 4 aromatic rings. The smallest absolute Gasteiger partial charge is 0.410 e. The van der Waals surface area contributed by atoms with E-state index in [1.807, 2.05) is 81.2 Å². The maximum atomic E-state index is 13.0. The van der Waals surface area contributed by atoms with Crippen LogP contribution in [-0.4, -0.2) is 59.4 Å². The molecule has 0 bridgehead atoms. The molecule has 0 aliphatic carbocycles. The van der Waals surface area contributed by atoms with Gasteiger partial charge in [0.2, 0.25) is 0 Å². The summed E-state index contributed by atoms with van der Waals surface area (Å²) in [5.74, 6) is 2.07. The van der Waals surface area contributed by atoms with E-state index in [4.69, 9.17) is 14.2 Å². The Morgan fingerprint density at radius 2 is 1.71 bits per heavy atom. The highest BCUT2D eigenvalue weighted by molar-refractivity contribution is 6.03. The Balaban J connectivity index is 1.20. The number of aromatic nitrogens is 2. The molecule has 0 unspecified atom stereocenters. The average Bonchev–Trinajstić information content (AvgIpc) is 3.38. The van der Waals surface area contributed by atoms with Crippen molar-refractivity contribution in [3.05, 3.63) is 78.1 Å². The van der Waals surface area contributed by atoms with Crippen LogP contribution in [-0.2, 0) is 4.74 Å². The van der Waals surface area contributed by atoms with E-state index in [1.165, 1.54) is 0 Å². The Hall–Kier alpha value is -4.73. The van der Waals surface area contributed by atoms with Crippen molar-refractivity contribution >= 4 is 28.7 Å². The van der Waals surface area contributed by atoms with Crippen molar-refractivity contribution in [3.8, 4) is 17.2 Å². The summed E-state index contributed by atoms with van der Waals surface area (Å²) in [5.41, 5.74) is 5.23. The largest absolute Gasteiger partial charge is 0.493 e. The number of hydrogen-bond acceptors (Lipinski definition) is 7. The van der Waals surface area contributed by atoms with Gasteiger partial charge in [0.25, 0.3) is 5.91 Å². The first-order chi connectivity index (χ1) is 20.1. The van der Waals surface area contributed by atoms with Gasteiger partial charge in [-0.2, -0.15) is 0 Å². The van der Waals surface area contributed by atoms with Crippen molar-refractivity contribution in [2.45, 2.75) is 45.1 Å². The van der Waals surface area contributed by atoms with E-state index in [9.17, 15) is 9.59 Å². The van der Waals surface area contributed by atoms with Crippen LogP contribution in [0.25, 0.3) is 10.9 Å². The van der Waals surface area contributed by atoms with Crippen LogP contribution in [0, 0.1) is 0 Å². The molecule has 10 heteroatoms. The highest BCUT2D eigenvalue weighted by atomic mass is 16.6. The van der Waals surface area contributed by atoms with Gasteiger partial charge in [-0.3, -0.25) is 9.47 Å². The predicted molar refractivity (Wildman–Crippen MR) is 162 cm³/mol. The number of carbonyl (C=O) groups excluding carboxylic acids is 2. The molecule has 0 saturated carbocycles. The number of pyridine rings is 1. The summed E-state index contributed by atoms with van der Waals surface area (Å²) < 4.78 is 19.1. The molecule has 1 fully saturated rings. The molecule has 2 aromatic heterocycles. The van der Waals surface area contributed by atoms with E-state index >= 15 is 0 Å². The predicted octanol–water partition coefficient (Wildman–Crippen LogP) is 6.38. The zero-order valence-corrected chi connectivity index (χ0v) is 24.6. The molecule has 1 aliphatic rings. The van der Waals surface area contributed by atoms with Crippen molar-refractivity contribution < 1.29 is 23.8 Å². The Labute approximate surface area is 245 Å². The number of carbonyl (C=O) groups is 2. The molecule has 1 saturated heterocycles. The number of piperidine rings is 1. The molecule has 2 N–H and O–H groups in total. The Kier molecular flexibility index (Phi) is 8.24. The van der Waals surface area contributed by atoms with E-state index in [0.717, 1.165) is 29.3 Å². The number of nitrogens with zero attached hydrogens (tertiary/aromatic N) is 3. The summed E-state index contributed by atoms with van der Waals surface area (Å²) in [4.78, 5) is 31.4. The van der Waals surface area contributed by atoms with Gasteiger partial charge in [0, 0.05) is 55.6 Å². The number of fused-ring (bicyclic) bond motifs is 1. The highest BCUT2D eigenvalue weighted by Gasteiger charge is 2.27. The van der Waals surface area contributed by atoms with E-state index in [1.54, 1.807) is 30.3 Å². The van der Waals surface area contributed by atoms with Gasteiger partial charge in [-0.15, -0.1) is 0 Å². The summed E-state index contributed by atoms with van der Waals surface area (Å²) in [5, 5.41) is 3.84. The summed E-state index contributed by atoms with van der Waals surface area (Å²) >= 11 is 0. The lowest BCUT2D eigenvalue weighted by molar-refractivity contribution is 0.0204. The summed E-state index contributed by atoms with van der Waals surface area (Å²) in [6, 6.07) is 16.8. The first kappa shape index (κ1) is 28.8. The van der Waals surface area contributed by atoms with Crippen molar-refractivity contribution in [3.63, 3.8) is 0 Å². The monoisotopic (exact) mass is 571 g/mol. The summed E-state index contributed by atoms with van der Waals surface area (Å²) in [6.45, 7) is 6.92. The molecule has 1 aliphatic heterocycles. The lowest BCUT2D eigenvalue weighted by Crippen LogP contribution is -2.41. The number of benzene rings is 2. The Morgan fingerprint density at radius 1 is 0.976 bits per heavy atom. The average molecular weight is 572 g/mol. The van der Waals surface area contributed by atoms with E-state index in [-0.39, 0.29) is 12.0 Å². The molecule has 2 amide bonds. The minimum Gasteiger partial charge on any atom is -0.493 e. The van der Waals surface area contributed by atoms with E-state index in [0.29, 0.717) is 47.6 Å². The van der Waals surface area contributed by atoms with Crippen LogP contribution < -0.4 is 20.2 Å². The number of methoxy groups -OCH3 is 1. The lowest BCUT2D eigenvalue weighted by atomic mass is 9.89. The fourth-order valence-electron chi connectivity index (χ4n) is 5.06. The van der Waals surface area contributed by atoms with Crippen LogP contribution in [0.2, 0.25) is 0 Å². The number of likely N-dealkylation sites (tertiary alicyclic amines) is 1. The van der Waals surface area contributed by atoms with Crippen LogP contribution in [0.5, 0.6) is 17.2 Å². The van der Waals surface area contributed by atoms with Crippen LogP contribution in [0.15, 0.2) is 67.0 Å². The molecule has 0 atom stereocenters. The maximum Gasteiger partial charge on any atom is 0.410 e. The molecule has 2 aromatic carbocycles. The summed E-state index contributed by atoms with van der Waals surface area (Å²) in [6.07, 6.45) is 4.94. The van der Waals surface area contributed by atoms with Crippen molar-refractivity contribution in [2.75, 3.05) is 38.0 Å². The van der Waals surface area contributed by atoms with Gasteiger partial charge in [-0.05, 0) is 75.4 Å². The SMILES string of the molecule is CNn1ccc2cc(Oc3ccnc(NC(=O)c4ccc(C5CCN(C(=O)OC(C)(C)C)CC5)cc4)c3)c(OC)cc21. The van der Waals surface area contributed by atoms with E-state index in [2.05, 4.69) is 15.7 Å². The van der Waals surface area contributed by atoms with Gasteiger partial charge < -0.3 is 29.9 Å². The first-order valence-corrected chi connectivity index (χ1v) is 14.0. The minimum absolute atomic E-state index is 0.263. The van der Waals surface area contributed by atoms with Gasteiger partial charge >= 0.3 is 6.09 Å². The Bertz CT molecular complexity index is 1570. The lowest BCUT2D eigenvalue weighted by Gasteiger charge is -2.33. The minimum atomic E-state index is -0.503. The van der Waals surface area contributed by atoms with E-state index < -0.39 is 5.60 Å². The molecule has 10 nitrogen and oxygen atoms in total. The maximum absolute atomic E-state index is 13.0. The van der Waals surface area contributed by atoms with Crippen molar-refractivity contribution in [2.24, 2.45) is 0 Å². The topological polar surface area (TPSA) is 107 Å². The van der Waals surface area contributed by atoms with Gasteiger partial charge in [0.05, 0.1) is 12.6 Å². The zero-order chi connectivity index (χ0) is 29.9. The number of ether oxygens (including phenoxy) is 3. The number of anilines is 1. The van der Waals surface area contributed by atoms with Crippen LogP contribution in [0.3, 0.4) is 0 Å². The van der Waals surface area contributed by atoms with Crippen molar-refractivity contribution in [1.29, 1.82) is 0 Å². The van der Waals surface area contributed by atoms with Gasteiger partial charge in [0.1, 0.15) is 17.2 Å². The molecular formula is C32H37N5O5. The molecule has 220 valence electrons. The molecule has 5 rings (SSSR count). The van der Waals surface area contributed by atoms with Crippen LogP contribution in [0.4, 0.5) is 10.6 Å². The number of hydrogen-bond donors (Lipinski definition) is 2. The molecule has 0 radical (unpaired) electrons. The summed E-state index contributed by atoms with van der Waals surface area (Å²) in [7, 11) is 3.44. The third-order valence-electron chi connectivity index (χ3n) is 7.21. The van der Waals surface area contributed by atoms with Gasteiger partial charge in [0.15, 0.2) is 11.5 Å². The Morgan fingerprint density at radius 3 is 2.38 bits per heavy atom. The zero-order valence-electron chi connectivity index (χ0n) is 24.6. The van der Waals surface area contributed by atoms with Crippen LogP contribution in [0.1, 0.15) is 55.5 Å². The quantitative estimate of drug-likeness (QED) is 0.265. The number of rotatable bonds is 7.